The summed E-state index contributed by atoms with van der Waals surface area (Å²) >= 11 is 1.90. The van der Waals surface area contributed by atoms with Crippen molar-refractivity contribution in [3.8, 4) is 0 Å². The molecule has 0 saturated heterocycles. The first-order chi connectivity index (χ1) is 8.29. The van der Waals surface area contributed by atoms with Crippen LogP contribution in [0.4, 0.5) is 5.69 Å². The van der Waals surface area contributed by atoms with Crippen LogP contribution in [0.15, 0.2) is 22.6 Å². The van der Waals surface area contributed by atoms with Gasteiger partial charge in [0.15, 0.2) is 11.5 Å². The number of rotatable bonds is 6. The molecule has 0 atom stereocenters. The molecular formula is C13H18N2OS. The summed E-state index contributed by atoms with van der Waals surface area (Å²) in [6.07, 6.45) is 4.62. The molecule has 0 saturated carbocycles. The van der Waals surface area contributed by atoms with Gasteiger partial charge in [0.1, 0.15) is 5.52 Å². The first kappa shape index (κ1) is 12.3. The number of thioether (sulfide) groups is 1. The summed E-state index contributed by atoms with van der Waals surface area (Å²) < 4.78 is 5.44. The summed E-state index contributed by atoms with van der Waals surface area (Å²) in [5.41, 5.74) is 2.90. The van der Waals surface area contributed by atoms with Crippen molar-refractivity contribution in [1.82, 2.24) is 4.98 Å². The number of anilines is 1. The Morgan fingerprint density at radius 1 is 1.35 bits per heavy atom. The molecular weight excluding hydrogens is 232 g/mol. The summed E-state index contributed by atoms with van der Waals surface area (Å²) in [4.78, 5) is 4.32. The molecule has 0 bridgehead atoms. The van der Waals surface area contributed by atoms with Crippen LogP contribution < -0.4 is 5.32 Å². The summed E-state index contributed by atoms with van der Waals surface area (Å²) in [5.74, 6) is 1.96. The Labute approximate surface area is 106 Å². The molecule has 0 spiro atoms. The van der Waals surface area contributed by atoms with Crippen LogP contribution in [0, 0.1) is 6.92 Å². The van der Waals surface area contributed by atoms with Crippen LogP contribution in [-0.2, 0) is 0 Å². The number of aryl methyl sites for hydroxylation is 1. The third kappa shape index (κ3) is 3.40. The molecule has 4 heteroatoms. The Morgan fingerprint density at radius 2 is 2.24 bits per heavy atom. The number of fused-ring (bicyclic) bond motifs is 1. The molecule has 0 aliphatic heterocycles. The van der Waals surface area contributed by atoms with Gasteiger partial charge in [-0.1, -0.05) is 0 Å². The number of aromatic nitrogens is 1. The summed E-state index contributed by atoms with van der Waals surface area (Å²) in [6, 6.07) is 6.06. The maximum absolute atomic E-state index is 5.44. The molecule has 0 fully saturated rings. The Balaban J connectivity index is 1.90. The van der Waals surface area contributed by atoms with E-state index in [2.05, 4.69) is 16.6 Å². The van der Waals surface area contributed by atoms with Crippen LogP contribution in [0.2, 0.25) is 0 Å². The molecule has 0 aliphatic rings. The molecule has 1 aromatic carbocycles. The molecule has 0 amide bonds. The van der Waals surface area contributed by atoms with E-state index >= 15 is 0 Å². The Hall–Kier alpha value is -1.16. The minimum atomic E-state index is 0.720. The lowest BCUT2D eigenvalue weighted by molar-refractivity contribution is 0.561. The number of nitrogens with one attached hydrogen (secondary N) is 1. The van der Waals surface area contributed by atoms with Crippen molar-refractivity contribution in [2.24, 2.45) is 0 Å². The SMILES string of the molecule is CSCCCCNc1ccc2oc(C)nc2c1. The highest BCUT2D eigenvalue weighted by atomic mass is 32.2. The first-order valence-electron chi connectivity index (χ1n) is 5.89. The van der Waals surface area contributed by atoms with Crippen LogP contribution in [0.3, 0.4) is 0 Å². The number of oxazole rings is 1. The monoisotopic (exact) mass is 250 g/mol. The van der Waals surface area contributed by atoms with Gasteiger partial charge in [0.05, 0.1) is 0 Å². The minimum Gasteiger partial charge on any atom is -0.441 e. The van der Waals surface area contributed by atoms with E-state index in [1.807, 2.05) is 36.9 Å². The zero-order valence-electron chi connectivity index (χ0n) is 10.3. The lowest BCUT2D eigenvalue weighted by atomic mass is 10.2. The number of hydrogen-bond donors (Lipinski definition) is 1. The van der Waals surface area contributed by atoms with Gasteiger partial charge in [-0.3, -0.25) is 0 Å². The van der Waals surface area contributed by atoms with Gasteiger partial charge in [-0.05, 0) is 43.0 Å². The van der Waals surface area contributed by atoms with E-state index in [-0.39, 0.29) is 0 Å². The summed E-state index contributed by atoms with van der Waals surface area (Å²) in [5, 5.41) is 3.41. The first-order valence-corrected chi connectivity index (χ1v) is 7.29. The maximum atomic E-state index is 5.44. The molecule has 0 radical (unpaired) electrons. The Kier molecular flexibility index (Phi) is 4.31. The standard InChI is InChI=1S/C13H18N2OS/c1-10-15-12-9-11(5-6-13(12)16-10)14-7-3-4-8-17-2/h5-6,9,14H,3-4,7-8H2,1-2H3. The minimum absolute atomic E-state index is 0.720. The van der Waals surface area contributed by atoms with Crippen molar-refractivity contribution in [2.45, 2.75) is 19.8 Å². The smallest absolute Gasteiger partial charge is 0.192 e. The fourth-order valence-electron chi connectivity index (χ4n) is 1.76. The van der Waals surface area contributed by atoms with E-state index in [0.29, 0.717) is 0 Å². The molecule has 2 aromatic rings. The normalized spacial score (nSPS) is 10.9. The van der Waals surface area contributed by atoms with Crippen LogP contribution in [0.25, 0.3) is 11.1 Å². The van der Waals surface area contributed by atoms with E-state index < -0.39 is 0 Å². The van der Waals surface area contributed by atoms with Gasteiger partial charge in [-0.15, -0.1) is 0 Å². The van der Waals surface area contributed by atoms with Gasteiger partial charge < -0.3 is 9.73 Å². The van der Waals surface area contributed by atoms with Crippen LogP contribution in [-0.4, -0.2) is 23.5 Å². The second-order valence-corrected chi connectivity index (χ2v) is 5.03. The zero-order chi connectivity index (χ0) is 12.1. The molecule has 17 heavy (non-hydrogen) atoms. The summed E-state index contributed by atoms with van der Waals surface area (Å²) in [7, 11) is 0. The molecule has 1 aromatic heterocycles. The predicted octanol–water partition coefficient (Wildman–Crippen LogP) is 3.69. The molecule has 3 nitrogen and oxygen atoms in total. The highest BCUT2D eigenvalue weighted by Gasteiger charge is 2.02. The van der Waals surface area contributed by atoms with Crippen LogP contribution in [0.1, 0.15) is 18.7 Å². The topological polar surface area (TPSA) is 38.1 Å². The van der Waals surface area contributed by atoms with Gasteiger partial charge in [0.25, 0.3) is 0 Å². The molecule has 2 rings (SSSR count). The highest BCUT2D eigenvalue weighted by Crippen LogP contribution is 2.19. The van der Waals surface area contributed by atoms with Crippen molar-refractivity contribution in [3.05, 3.63) is 24.1 Å². The fourth-order valence-corrected chi connectivity index (χ4v) is 2.25. The van der Waals surface area contributed by atoms with Gasteiger partial charge in [0.2, 0.25) is 0 Å². The Bertz CT molecular complexity index is 481. The summed E-state index contributed by atoms with van der Waals surface area (Å²) in [6.45, 7) is 2.89. The van der Waals surface area contributed by atoms with Crippen molar-refractivity contribution in [3.63, 3.8) is 0 Å². The van der Waals surface area contributed by atoms with E-state index in [0.717, 1.165) is 29.2 Å². The predicted molar refractivity (Wildman–Crippen MR) is 74.9 cm³/mol. The Morgan fingerprint density at radius 3 is 3.06 bits per heavy atom. The maximum Gasteiger partial charge on any atom is 0.192 e. The molecule has 0 aliphatic carbocycles. The third-order valence-electron chi connectivity index (χ3n) is 2.60. The fraction of sp³-hybridized carbons (Fsp3) is 0.462. The van der Waals surface area contributed by atoms with E-state index in [1.54, 1.807) is 0 Å². The quantitative estimate of drug-likeness (QED) is 0.793. The van der Waals surface area contributed by atoms with Gasteiger partial charge >= 0.3 is 0 Å². The van der Waals surface area contributed by atoms with Crippen LogP contribution in [0.5, 0.6) is 0 Å². The largest absolute Gasteiger partial charge is 0.441 e. The lowest BCUT2D eigenvalue weighted by Gasteiger charge is -2.05. The average Bonchev–Trinajstić information content (AvgIpc) is 2.68. The molecule has 1 heterocycles. The van der Waals surface area contributed by atoms with Crippen molar-refractivity contribution in [1.29, 1.82) is 0 Å². The van der Waals surface area contributed by atoms with Gasteiger partial charge in [-0.2, -0.15) is 11.8 Å². The second kappa shape index (κ2) is 5.96. The highest BCUT2D eigenvalue weighted by molar-refractivity contribution is 7.98. The van der Waals surface area contributed by atoms with Crippen molar-refractivity contribution < 1.29 is 4.42 Å². The number of unbranched alkanes of at least 4 members (excludes halogenated alkanes) is 1. The number of benzene rings is 1. The number of hydrogen-bond acceptors (Lipinski definition) is 4. The van der Waals surface area contributed by atoms with E-state index in [4.69, 9.17) is 4.42 Å². The second-order valence-electron chi connectivity index (χ2n) is 4.04. The van der Waals surface area contributed by atoms with Gasteiger partial charge in [-0.25, -0.2) is 4.98 Å². The van der Waals surface area contributed by atoms with Crippen molar-refractivity contribution >= 4 is 28.5 Å². The molecule has 0 unspecified atom stereocenters. The van der Waals surface area contributed by atoms with Crippen LogP contribution >= 0.6 is 11.8 Å². The molecule has 92 valence electrons. The van der Waals surface area contributed by atoms with E-state index in [9.17, 15) is 0 Å². The third-order valence-corrected chi connectivity index (χ3v) is 3.30. The van der Waals surface area contributed by atoms with E-state index in [1.165, 1.54) is 18.6 Å². The number of nitrogens with zero attached hydrogens (tertiary/aromatic N) is 1. The average molecular weight is 250 g/mol. The zero-order valence-corrected chi connectivity index (χ0v) is 11.1. The molecule has 1 N–H and O–H groups in total. The van der Waals surface area contributed by atoms with Gasteiger partial charge in [0, 0.05) is 19.2 Å². The van der Waals surface area contributed by atoms with Crippen molar-refractivity contribution in [2.75, 3.05) is 23.9 Å². The lowest BCUT2D eigenvalue weighted by Crippen LogP contribution is -2.01.